The minimum atomic E-state index is -3.66. The molecule has 6 N–H and O–H groups in total. The lowest BCUT2D eigenvalue weighted by molar-refractivity contribution is 0.462. The van der Waals surface area contributed by atoms with E-state index >= 15 is 9.13 Å². The molecule has 0 aromatic heterocycles. The van der Waals surface area contributed by atoms with Crippen molar-refractivity contribution in [3.63, 3.8) is 0 Å². The predicted molar refractivity (Wildman–Crippen MR) is 280 cm³/mol. The van der Waals surface area contributed by atoms with E-state index in [1.165, 1.54) is 21.1 Å². The maximum atomic E-state index is 15.8. The number of para-hydroxylation sites is 2. The summed E-state index contributed by atoms with van der Waals surface area (Å²) in [5.41, 5.74) is 20.6. The van der Waals surface area contributed by atoms with Gasteiger partial charge in [0.1, 0.15) is 33.3 Å². The Labute approximate surface area is 396 Å². The number of rotatable bonds is 8. The quantitative estimate of drug-likeness (QED) is 0.128. The molecular weight excluding hydrogens is 869 g/mol. The van der Waals surface area contributed by atoms with Crippen LogP contribution in [0.25, 0.3) is 22.3 Å². The minimum Gasteiger partial charge on any atom is -0.457 e. The van der Waals surface area contributed by atoms with Gasteiger partial charge in [0.05, 0.1) is 10.6 Å². The fraction of sp³-hybridized carbons (Fsp3) is 0.158. The number of ether oxygens (including phenoxy) is 1. The summed E-state index contributed by atoms with van der Waals surface area (Å²) < 4.78 is 51.5. The van der Waals surface area contributed by atoms with Crippen LogP contribution in [0.5, 0.6) is 23.0 Å². The Morgan fingerprint density at radius 3 is 0.970 bits per heavy atom. The first-order valence-electron chi connectivity index (χ1n) is 22.4. The average molecular weight is 930 g/mol. The SMILES string of the molecule is CC.CC(c1ccccc1)(c1ccc(Oc2ccc(C(C)(c3ccccc3)P3(=O)Oc4ccccc4-c4ccccc43)cc2)cc1)P1(=O)Oc2ccccc2-c2ccccc21.CN.CN.CN. The van der Waals surface area contributed by atoms with Crippen LogP contribution in [0.4, 0.5) is 0 Å². The predicted octanol–water partition coefficient (Wildman–Crippen LogP) is 13.1. The second-order valence-corrected chi connectivity index (χ2v) is 20.7. The van der Waals surface area contributed by atoms with Crippen LogP contribution in [0.15, 0.2) is 206 Å². The first-order valence-corrected chi connectivity index (χ1v) is 25.7. The first-order chi connectivity index (χ1) is 32.7. The van der Waals surface area contributed by atoms with Crippen molar-refractivity contribution in [2.45, 2.75) is 38.0 Å². The van der Waals surface area contributed by atoms with E-state index < -0.39 is 25.0 Å². The monoisotopic (exact) mass is 929 g/mol. The van der Waals surface area contributed by atoms with Gasteiger partial charge in [-0.1, -0.05) is 172 Å². The fourth-order valence-corrected chi connectivity index (χ4v) is 14.8. The summed E-state index contributed by atoms with van der Waals surface area (Å²) in [6.07, 6.45) is 0. The van der Waals surface area contributed by atoms with E-state index in [2.05, 4.69) is 17.2 Å². The second kappa shape index (κ2) is 21.9. The Kier molecular flexibility index (Phi) is 16.3. The van der Waals surface area contributed by atoms with Gasteiger partial charge < -0.3 is 31.0 Å². The maximum Gasteiger partial charge on any atom is 0.292 e. The molecule has 0 aliphatic carbocycles. The van der Waals surface area contributed by atoms with Crippen LogP contribution in [0.1, 0.15) is 49.9 Å². The van der Waals surface area contributed by atoms with E-state index in [1.807, 2.05) is 234 Å². The van der Waals surface area contributed by atoms with Crippen molar-refractivity contribution in [1.29, 1.82) is 0 Å². The smallest absolute Gasteiger partial charge is 0.292 e. The lowest BCUT2D eigenvalue weighted by atomic mass is 9.92. The summed E-state index contributed by atoms with van der Waals surface area (Å²) in [5.74, 6) is 2.45. The van der Waals surface area contributed by atoms with Crippen molar-refractivity contribution in [2.24, 2.45) is 17.2 Å². The zero-order chi connectivity index (χ0) is 48.2. The van der Waals surface area contributed by atoms with Gasteiger partial charge in [0, 0.05) is 11.1 Å². The molecule has 0 fully saturated rings. The van der Waals surface area contributed by atoms with Crippen molar-refractivity contribution in [2.75, 3.05) is 21.1 Å². The van der Waals surface area contributed by atoms with Crippen LogP contribution in [0.2, 0.25) is 0 Å². The highest BCUT2D eigenvalue weighted by Crippen LogP contribution is 2.70. The molecule has 67 heavy (non-hydrogen) atoms. The van der Waals surface area contributed by atoms with Crippen molar-refractivity contribution < 1.29 is 22.9 Å². The molecule has 0 amide bonds. The molecule has 8 aromatic rings. The molecule has 0 radical (unpaired) electrons. The molecule has 344 valence electrons. The molecule has 0 bridgehead atoms. The van der Waals surface area contributed by atoms with Gasteiger partial charge in [-0.25, -0.2) is 0 Å². The Bertz CT molecular complexity index is 2770. The molecule has 8 nitrogen and oxygen atoms in total. The first kappa shape index (κ1) is 49.9. The molecule has 2 aliphatic rings. The number of benzene rings is 8. The Hall–Kier alpha value is -6.50. The minimum absolute atomic E-state index is 0.609. The Morgan fingerprint density at radius 1 is 0.358 bits per heavy atom. The molecule has 2 aliphatic heterocycles. The van der Waals surface area contributed by atoms with Gasteiger partial charge in [0.25, 0.3) is 14.7 Å². The number of fused-ring (bicyclic) bond motifs is 6. The highest BCUT2D eigenvalue weighted by molar-refractivity contribution is 7.69. The Morgan fingerprint density at radius 2 is 0.627 bits per heavy atom. The van der Waals surface area contributed by atoms with Gasteiger partial charge in [0.2, 0.25) is 0 Å². The zero-order valence-electron chi connectivity index (χ0n) is 39.3. The van der Waals surface area contributed by atoms with Gasteiger partial charge in [0.15, 0.2) is 0 Å². The van der Waals surface area contributed by atoms with E-state index in [0.717, 1.165) is 44.5 Å². The molecule has 0 spiro atoms. The van der Waals surface area contributed by atoms with Crippen LogP contribution < -0.4 is 41.6 Å². The molecule has 2 heterocycles. The third kappa shape index (κ3) is 8.80. The number of hydrogen-bond acceptors (Lipinski definition) is 8. The molecule has 4 unspecified atom stereocenters. The normalized spacial score (nSPS) is 17.5. The lowest BCUT2D eigenvalue weighted by Gasteiger charge is -2.41. The summed E-state index contributed by atoms with van der Waals surface area (Å²) in [4.78, 5) is 0. The van der Waals surface area contributed by atoms with Gasteiger partial charge in [-0.05, 0) is 117 Å². The van der Waals surface area contributed by atoms with E-state index in [1.54, 1.807) is 0 Å². The molecule has 8 aromatic carbocycles. The van der Waals surface area contributed by atoms with Crippen molar-refractivity contribution >= 4 is 25.3 Å². The zero-order valence-corrected chi connectivity index (χ0v) is 41.1. The summed E-state index contributed by atoms with van der Waals surface area (Å²) in [6, 6.07) is 66.8. The molecular formula is C57H61N3O5P2. The van der Waals surface area contributed by atoms with Crippen LogP contribution in [-0.4, -0.2) is 21.1 Å². The number of hydrogen-bond donors (Lipinski definition) is 3. The lowest BCUT2D eigenvalue weighted by Crippen LogP contribution is -2.34. The highest BCUT2D eigenvalue weighted by atomic mass is 31.2. The van der Waals surface area contributed by atoms with Crippen LogP contribution >= 0.6 is 14.7 Å². The third-order valence-electron chi connectivity index (χ3n) is 12.2. The largest absolute Gasteiger partial charge is 0.457 e. The molecule has 4 atom stereocenters. The molecule has 0 saturated heterocycles. The van der Waals surface area contributed by atoms with Crippen LogP contribution in [0, 0.1) is 0 Å². The standard InChI is InChI=1S/C52H40O5P2.C2H6.3CH5N/c1-51(37-17-5-3-6-18-37,58(53)49-27-15-11-23-45(49)43-21-9-13-25-47(43)56-58)39-29-33-41(34-30-39)55-42-35-31-40(32-36-42)52(2,38-19-7-4-8-20-38)59(54)50-28-16-12-24-46(50)44-22-10-14-26-48(44)57-59;4*1-2/h3-36H,1-2H3;1-2H3;3*2H2,1H3. The number of nitrogens with two attached hydrogens (primary N) is 3. The fourth-order valence-electron chi connectivity index (χ4n) is 8.86. The van der Waals surface area contributed by atoms with Crippen LogP contribution in [0.3, 0.4) is 0 Å². The molecule has 10 heteroatoms. The topological polar surface area (TPSA) is 140 Å². The van der Waals surface area contributed by atoms with Gasteiger partial charge >= 0.3 is 0 Å². The van der Waals surface area contributed by atoms with Gasteiger partial charge in [-0.2, -0.15) is 0 Å². The van der Waals surface area contributed by atoms with E-state index in [0.29, 0.717) is 33.6 Å². The second-order valence-electron chi connectivity index (χ2n) is 15.3. The molecule has 0 saturated carbocycles. The third-order valence-corrected chi connectivity index (χ3v) is 18.5. The average Bonchev–Trinajstić information content (AvgIpc) is 3.41. The summed E-state index contributed by atoms with van der Waals surface area (Å²) >= 11 is 0. The van der Waals surface area contributed by atoms with E-state index in [4.69, 9.17) is 13.8 Å². The van der Waals surface area contributed by atoms with Crippen LogP contribution in [-0.2, 0) is 19.4 Å². The Balaban J connectivity index is 0.000000881. The van der Waals surface area contributed by atoms with Gasteiger partial charge in [-0.15, -0.1) is 0 Å². The maximum absolute atomic E-state index is 15.8. The van der Waals surface area contributed by atoms with Crippen molar-refractivity contribution in [3.05, 3.63) is 229 Å². The van der Waals surface area contributed by atoms with Crippen molar-refractivity contribution in [3.8, 4) is 45.3 Å². The molecule has 10 rings (SSSR count). The van der Waals surface area contributed by atoms with E-state index in [9.17, 15) is 0 Å². The van der Waals surface area contributed by atoms with Crippen molar-refractivity contribution in [1.82, 2.24) is 0 Å². The highest BCUT2D eigenvalue weighted by Gasteiger charge is 2.55. The van der Waals surface area contributed by atoms with Gasteiger partial charge in [-0.3, -0.25) is 9.13 Å². The summed E-state index contributed by atoms with van der Waals surface area (Å²) in [7, 11) is -2.82. The summed E-state index contributed by atoms with van der Waals surface area (Å²) in [5, 5.41) is -0.696. The summed E-state index contributed by atoms with van der Waals surface area (Å²) in [6.45, 7) is 8.04. The van der Waals surface area contributed by atoms with E-state index in [-0.39, 0.29) is 0 Å².